The normalized spacial score (nSPS) is 14.4. The van der Waals surface area contributed by atoms with E-state index in [1.807, 2.05) is 0 Å². The lowest BCUT2D eigenvalue weighted by atomic mass is 10.2. The van der Waals surface area contributed by atoms with Gasteiger partial charge in [-0.25, -0.2) is 17.5 Å². The van der Waals surface area contributed by atoms with E-state index in [9.17, 15) is 17.6 Å². The predicted octanol–water partition coefficient (Wildman–Crippen LogP) is 2.83. The summed E-state index contributed by atoms with van der Waals surface area (Å²) in [4.78, 5) is 12.3. The smallest absolute Gasteiger partial charge is 0.255 e. The number of nitrogens with one attached hydrogen (secondary N) is 2. The summed E-state index contributed by atoms with van der Waals surface area (Å²) < 4.78 is 40.7. The first-order chi connectivity index (χ1) is 11.3. The van der Waals surface area contributed by atoms with Gasteiger partial charge in [-0.3, -0.25) is 4.79 Å². The number of aryl methyl sites for hydroxylation is 1. The lowest BCUT2D eigenvalue weighted by Crippen LogP contribution is -2.26. The van der Waals surface area contributed by atoms with Crippen LogP contribution in [0, 0.1) is 12.7 Å². The van der Waals surface area contributed by atoms with Crippen LogP contribution in [0.25, 0.3) is 0 Å². The Morgan fingerprint density at radius 3 is 2.62 bits per heavy atom. The van der Waals surface area contributed by atoms with Gasteiger partial charge in [0.25, 0.3) is 5.91 Å². The van der Waals surface area contributed by atoms with E-state index in [-0.39, 0.29) is 22.2 Å². The Bertz CT molecular complexity index is 892. The monoisotopic (exact) mass is 348 g/mol. The van der Waals surface area contributed by atoms with Crippen LogP contribution in [-0.2, 0) is 10.0 Å². The molecule has 3 rings (SSSR count). The van der Waals surface area contributed by atoms with E-state index in [0.717, 1.165) is 18.4 Å². The van der Waals surface area contributed by atoms with Gasteiger partial charge in [-0.05, 0) is 55.7 Å². The van der Waals surface area contributed by atoms with Crippen LogP contribution < -0.4 is 10.0 Å². The van der Waals surface area contributed by atoms with Crippen LogP contribution in [0.15, 0.2) is 47.4 Å². The summed E-state index contributed by atoms with van der Waals surface area (Å²) in [6.07, 6.45) is 1.65. The summed E-state index contributed by atoms with van der Waals surface area (Å²) in [5.74, 6) is -1.11. The van der Waals surface area contributed by atoms with Gasteiger partial charge < -0.3 is 5.32 Å². The molecule has 5 nitrogen and oxygen atoms in total. The fourth-order valence-electron chi connectivity index (χ4n) is 2.22. The minimum Gasteiger partial charge on any atom is -0.319 e. The zero-order valence-electron chi connectivity index (χ0n) is 13.0. The number of halogens is 1. The molecule has 0 radical (unpaired) electrons. The van der Waals surface area contributed by atoms with Crippen LogP contribution in [0.4, 0.5) is 10.1 Å². The largest absolute Gasteiger partial charge is 0.319 e. The highest BCUT2D eigenvalue weighted by Crippen LogP contribution is 2.23. The summed E-state index contributed by atoms with van der Waals surface area (Å²) in [5, 5.41) is 2.47. The molecule has 0 spiro atoms. The number of anilines is 1. The molecule has 0 unspecified atom stereocenters. The first-order valence-corrected chi connectivity index (χ1v) is 9.03. The van der Waals surface area contributed by atoms with Gasteiger partial charge in [-0.15, -0.1) is 0 Å². The van der Waals surface area contributed by atoms with E-state index in [0.29, 0.717) is 0 Å². The molecule has 1 fully saturated rings. The molecule has 2 aromatic carbocycles. The van der Waals surface area contributed by atoms with Crippen molar-refractivity contribution in [2.24, 2.45) is 0 Å². The highest BCUT2D eigenvalue weighted by atomic mass is 32.2. The van der Waals surface area contributed by atoms with Crippen molar-refractivity contribution in [3.05, 3.63) is 59.4 Å². The first-order valence-electron chi connectivity index (χ1n) is 7.55. The van der Waals surface area contributed by atoms with Gasteiger partial charge in [0.2, 0.25) is 10.0 Å². The van der Waals surface area contributed by atoms with Crippen LogP contribution in [0.5, 0.6) is 0 Å². The minimum absolute atomic E-state index is 0.0196. The van der Waals surface area contributed by atoms with Gasteiger partial charge in [-0.1, -0.05) is 12.1 Å². The molecule has 0 aliphatic heterocycles. The number of sulfonamides is 1. The van der Waals surface area contributed by atoms with Gasteiger partial charge in [0, 0.05) is 11.6 Å². The van der Waals surface area contributed by atoms with Crippen molar-refractivity contribution in [3.8, 4) is 0 Å². The number of hydrogen-bond donors (Lipinski definition) is 2. The average molecular weight is 348 g/mol. The second-order valence-electron chi connectivity index (χ2n) is 5.86. The fraction of sp³-hybridized carbons (Fsp3) is 0.235. The Morgan fingerprint density at radius 2 is 1.92 bits per heavy atom. The third-order valence-electron chi connectivity index (χ3n) is 3.68. The molecule has 1 aliphatic rings. The van der Waals surface area contributed by atoms with Crippen molar-refractivity contribution in [2.45, 2.75) is 30.7 Å². The number of carbonyl (C=O) groups excluding carboxylic acids is 1. The molecule has 1 aliphatic carbocycles. The van der Waals surface area contributed by atoms with E-state index in [1.165, 1.54) is 36.4 Å². The van der Waals surface area contributed by atoms with Gasteiger partial charge in [-0.2, -0.15) is 0 Å². The Kier molecular flexibility index (Phi) is 4.38. The molecule has 1 saturated carbocycles. The van der Waals surface area contributed by atoms with Gasteiger partial charge in [0.1, 0.15) is 5.82 Å². The quantitative estimate of drug-likeness (QED) is 0.872. The molecule has 0 atom stereocenters. The standard InChI is InChI=1S/C17H17FN2O3S/c1-11-5-8-15(18)16(9-11)19-17(21)12-3-2-4-14(10-12)24(22,23)20-13-6-7-13/h2-5,8-10,13,20H,6-7H2,1H3,(H,19,21). The highest BCUT2D eigenvalue weighted by molar-refractivity contribution is 7.89. The van der Waals surface area contributed by atoms with E-state index in [2.05, 4.69) is 10.0 Å². The molecular weight excluding hydrogens is 331 g/mol. The third-order valence-corrected chi connectivity index (χ3v) is 5.19. The minimum atomic E-state index is -3.64. The summed E-state index contributed by atoms with van der Waals surface area (Å²) in [6.45, 7) is 1.78. The zero-order valence-corrected chi connectivity index (χ0v) is 13.9. The number of carbonyl (C=O) groups is 1. The third kappa shape index (κ3) is 3.80. The Morgan fingerprint density at radius 1 is 1.17 bits per heavy atom. The van der Waals surface area contributed by atoms with Crippen LogP contribution in [-0.4, -0.2) is 20.4 Å². The molecular formula is C17H17FN2O3S. The maximum absolute atomic E-state index is 13.7. The lowest BCUT2D eigenvalue weighted by Gasteiger charge is -2.09. The molecule has 2 N–H and O–H groups in total. The van der Waals surface area contributed by atoms with Crippen molar-refractivity contribution in [2.75, 3.05) is 5.32 Å². The number of amides is 1. The first kappa shape index (κ1) is 16.6. The number of hydrogen-bond acceptors (Lipinski definition) is 3. The maximum atomic E-state index is 13.7. The highest BCUT2D eigenvalue weighted by Gasteiger charge is 2.28. The Hall–Kier alpha value is -2.25. The second-order valence-corrected chi connectivity index (χ2v) is 7.57. The van der Waals surface area contributed by atoms with Crippen molar-refractivity contribution < 1.29 is 17.6 Å². The van der Waals surface area contributed by atoms with E-state index < -0.39 is 21.7 Å². The second kappa shape index (κ2) is 6.33. The predicted molar refractivity (Wildman–Crippen MR) is 88.9 cm³/mol. The summed E-state index contributed by atoms with van der Waals surface area (Å²) >= 11 is 0. The van der Waals surface area contributed by atoms with Gasteiger partial charge in [0.05, 0.1) is 10.6 Å². The fourth-order valence-corrected chi connectivity index (χ4v) is 3.57. The maximum Gasteiger partial charge on any atom is 0.255 e. The van der Waals surface area contributed by atoms with Crippen molar-refractivity contribution >= 4 is 21.6 Å². The lowest BCUT2D eigenvalue weighted by molar-refractivity contribution is 0.102. The molecule has 0 saturated heterocycles. The number of benzene rings is 2. The van der Waals surface area contributed by atoms with Crippen molar-refractivity contribution in [1.29, 1.82) is 0 Å². The Balaban J connectivity index is 1.82. The molecule has 126 valence electrons. The van der Waals surface area contributed by atoms with Crippen LogP contribution in [0.1, 0.15) is 28.8 Å². The SMILES string of the molecule is Cc1ccc(F)c(NC(=O)c2cccc(S(=O)(=O)NC3CC3)c2)c1. The van der Waals surface area contributed by atoms with Crippen molar-refractivity contribution in [3.63, 3.8) is 0 Å². The van der Waals surface area contributed by atoms with Gasteiger partial charge >= 0.3 is 0 Å². The summed E-state index contributed by atoms with van der Waals surface area (Å²) in [7, 11) is -3.64. The molecule has 24 heavy (non-hydrogen) atoms. The van der Waals surface area contributed by atoms with Crippen LogP contribution in [0.3, 0.4) is 0 Å². The van der Waals surface area contributed by atoms with E-state index in [4.69, 9.17) is 0 Å². The molecule has 1 amide bonds. The topological polar surface area (TPSA) is 75.3 Å². The van der Waals surface area contributed by atoms with E-state index >= 15 is 0 Å². The molecule has 0 heterocycles. The number of rotatable bonds is 5. The van der Waals surface area contributed by atoms with Crippen LogP contribution in [0.2, 0.25) is 0 Å². The van der Waals surface area contributed by atoms with E-state index in [1.54, 1.807) is 13.0 Å². The zero-order chi connectivity index (χ0) is 17.3. The van der Waals surface area contributed by atoms with Crippen molar-refractivity contribution in [1.82, 2.24) is 4.72 Å². The Labute approximate surface area is 139 Å². The summed E-state index contributed by atoms with van der Waals surface area (Å²) in [5.41, 5.74) is 1.01. The van der Waals surface area contributed by atoms with Gasteiger partial charge in [0.15, 0.2) is 0 Å². The average Bonchev–Trinajstić information content (AvgIpc) is 3.34. The van der Waals surface area contributed by atoms with Crippen LogP contribution >= 0.6 is 0 Å². The molecule has 0 aromatic heterocycles. The summed E-state index contributed by atoms with van der Waals surface area (Å²) in [6, 6.07) is 10.1. The molecule has 2 aromatic rings. The molecule has 0 bridgehead atoms. The molecule has 7 heteroatoms.